The number of allylic oxidation sites excluding steroid dienone is 1. The van der Waals surface area contributed by atoms with Crippen LogP contribution in [0.25, 0.3) is 0 Å². The summed E-state index contributed by atoms with van der Waals surface area (Å²) in [6.07, 6.45) is 2.18. The molecule has 0 rings (SSSR count). The number of nitrogens with zero attached hydrogens (tertiary/aromatic N) is 1. The maximum absolute atomic E-state index is 2.37. The van der Waals surface area contributed by atoms with E-state index in [9.17, 15) is 0 Å². The van der Waals surface area contributed by atoms with Gasteiger partial charge in [0.2, 0.25) is 0 Å². The van der Waals surface area contributed by atoms with Crippen molar-refractivity contribution < 1.29 is 0 Å². The fraction of sp³-hybridized carbons (Fsp3) is 0.750. The Morgan fingerprint density at radius 1 is 1.27 bits per heavy atom. The van der Waals surface area contributed by atoms with Crippen LogP contribution in [0.15, 0.2) is 11.1 Å². The molecule has 0 amide bonds. The maximum atomic E-state index is 2.37. The highest BCUT2D eigenvalue weighted by Crippen LogP contribution is 2.28. The molecule has 0 atom stereocenters. The van der Waals surface area contributed by atoms with Crippen molar-refractivity contribution >= 4 is 18.4 Å². The van der Waals surface area contributed by atoms with E-state index in [-0.39, 0.29) is 0 Å². The summed E-state index contributed by atoms with van der Waals surface area (Å²) in [6.45, 7) is 9.20. The molecule has 0 aliphatic rings. The fourth-order valence-electron chi connectivity index (χ4n) is 0.722. The summed E-state index contributed by atoms with van der Waals surface area (Å²) in [7, 11) is 3.20. The van der Waals surface area contributed by atoms with Crippen LogP contribution in [-0.4, -0.2) is 26.2 Å². The lowest BCUT2D eigenvalue weighted by molar-refractivity contribution is 0.550. The first kappa shape index (κ1) is 11.1. The Kier molecular flexibility index (Phi) is 4.25. The molecule has 0 heterocycles. The second kappa shape index (κ2) is 4.21. The smallest absolute Gasteiger partial charge is 0.116 e. The van der Waals surface area contributed by atoms with Crippen LogP contribution in [0.4, 0.5) is 0 Å². The SMILES string of the molecule is CC=C(S[Si](C)(C)C)N(C)C. The minimum Gasteiger partial charge on any atom is -0.373 e. The monoisotopic (exact) mass is 189 g/mol. The van der Waals surface area contributed by atoms with Gasteiger partial charge in [0.25, 0.3) is 0 Å². The highest BCUT2D eigenvalue weighted by molar-refractivity contribution is 8.31. The number of hydrogen-bond donors (Lipinski definition) is 0. The molecule has 0 saturated carbocycles. The zero-order valence-electron chi connectivity index (χ0n) is 8.43. The van der Waals surface area contributed by atoms with E-state index in [2.05, 4.69) is 51.6 Å². The molecule has 3 heteroatoms. The Labute approximate surface area is 75.5 Å². The van der Waals surface area contributed by atoms with E-state index in [1.807, 2.05) is 11.2 Å². The fourth-order valence-corrected chi connectivity index (χ4v) is 4.43. The standard InChI is InChI=1S/C8H19NSSi/c1-7-8(9(2)3)10-11(4,5)6/h7H,1-6H3. The van der Waals surface area contributed by atoms with Gasteiger partial charge < -0.3 is 4.90 Å². The molecule has 0 aromatic rings. The molecule has 0 fully saturated rings. The number of hydrogen-bond acceptors (Lipinski definition) is 2. The molecule has 0 aromatic carbocycles. The minimum atomic E-state index is -0.997. The lowest BCUT2D eigenvalue weighted by Crippen LogP contribution is -2.19. The third-order valence-corrected chi connectivity index (χ3v) is 4.99. The first-order valence-corrected chi connectivity index (χ1v) is 8.93. The predicted octanol–water partition coefficient (Wildman–Crippen LogP) is 2.98. The van der Waals surface area contributed by atoms with Crippen molar-refractivity contribution in [3.05, 3.63) is 11.1 Å². The van der Waals surface area contributed by atoms with Crippen LogP contribution in [-0.2, 0) is 0 Å². The van der Waals surface area contributed by atoms with Gasteiger partial charge in [0.15, 0.2) is 0 Å². The molecule has 0 aliphatic heterocycles. The normalized spacial score (nSPS) is 13.5. The quantitative estimate of drug-likeness (QED) is 0.628. The number of rotatable bonds is 3. The third-order valence-electron chi connectivity index (χ3n) is 1.10. The van der Waals surface area contributed by atoms with Gasteiger partial charge in [-0.1, -0.05) is 25.7 Å². The lowest BCUT2D eigenvalue weighted by atomic mass is 10.6. The second-order valence-corrected chi connectivity index (χ2v) is 12.9. The molecular weight excluding hydrogens is 170 g/mol. The highest BCUT2D eigenvalue weighted by Gasteiger charge is 2.16. The van der Waals surface area contributed by atoms with Gasteiger partial charge in [-0.3, -0.25) is 0 Å². The van der Waals surface area contributed by atoms with Gasteiger partial charge in [-0.15, -0.1) is 11.2 Å². The topological polar surface area (TPSA) is 3.24 Å². The summed E-state index contributed by atoms with van der Waals surface area (Å²) in [5.74, 6) is 0. The van der Waals surface area contributed by atoms with Gasteiger partial charge in [0.1, 0.15) is 7.22 Å². The third kappa shape index (κ3) is 5.38. The summed E-state index contributed by atoms with van der Waals surface area (Å²) in [4.78, 5) is 2.18. The van der Waals surface area contributed by atoms with Gasteiger partial charge in [-0.25, -0.2) is 0 Å². The van der Waals surface area contributed by atoms with Gasteiger partial charge in [-0.05, 0) is 6.92 Å². The van der Waals surface area contributed by atoms with Crippen LogP contribution >= 0.6 is 11.2 Å². The van der Waals surface area contributed by atoms with E-state index in [1.165, 1.54) is 5.03 Å². The Morgan fingerprint density at radius 2 is 1.73 bits per heavy atom. The predicted molar refractivity (Wildman–Crippen MR) is 58.4 cm³/mol. The molecule has 0 unspecified atom stereocenters. The molecule has 0 radical (unpaired) electrons. The van der Waals surface area contributed by atoms with Crippen LogP contribution in [0.3, 0.4) is 0 Å². The van der Waals surface area contributed by atoms with Gasteiger partial charge in [0.05, 0.1) is 5.03 Å². The Hall–Kier alpha value is 0.107. The molecule has 0 aromatic heterocycles. The summed E-state index contributed by atoms with van der Waals surface area (Å²) in [6, 6.07) is 0. The maximum Gasteiger partial charge on any atom is 0.116 e. The molecule has 0 spiro atoms. The Balaban J connectivity index is 4.12. The van der Waals surface area contributed by atoms with Crippen LogP contribution < -0.4 is 0 Å². The van der Waals surface area contributed by atoms with E-state index in [1.54, 1.807) is 0 Å². The summed E-state index contributed by atoms with van der Waals surface area (Å²) < 4.78 is 0. The molecule has 0 bridgehead atoms. The molecule has 11 heavy (non-hydrogen) atoms. The first-order valence-electron chi connectivity index (χ1n) is 3.89. The van der Waals surface area contributed by atoms with Crippen molar-refractivity contribution in [3.63, 3.8) is 0 Å². The Bertz CT molecular complexity index is 147. The summed E-state index contributed by atoms with van der Waals surface area (Å²) >= 11 is 2.04. The zero-order chi connectivity index (χ0) is 9.07. The van der Waals surface area contributed by atoms with Crippen molar-refractivity contribution in [1.82, 2.24) is 4.90 Å². The molecule has 0 saturated heterocycles. The Morgan fingerprint density at radius 3 is 1.82 bits per heavy atom. The van der Waals surface area contributed by atoms with E-state index in [4.69, 9.17) is 0 Å². The van der Waals surface area contributed by atoms with Gasteiger partial charge in [-0.2, -0.15) is 0 Å². The molecule has 66 valence electrons. The average Bonchev–Trinajstić information content (AvgIpc) is 1.80. The molecule has 0 aliphatic carbocycles. The van der Waals surface area contributed by atoms with Gasteiger partial charge in [0, 0.05) is 14.1 Å². The first-order chi connectivity index (χ1) is 4.87. The zero-order valence-corrected chi connectivity index (χ0v) is 10.2. The molecule has 0 N–H and O–H groups in total. The van der Waals surface area contributed by atoms with Crippen molar-refractivity contribution in [2.75, 3.05) is 14.1 Å². The van der Waals surface area contributed by atoms with Crippen LogP contribution in [0, 0.1) is 0 Å². The van der Waals surface area contributed by atoms with Crippen molar-refractivity contribution in [2.45, 2.75) is 26.6 Å². The van der Waals surface area contributed by atoms with E-state index in [0.717, 1.165) is 0 Å². The van der Waals surface area contributed by atoms with Gasteiger partial charge >= 0.3 is 0 Å². The van der Waals surface area contributed by atoms with E-state index < -0.39 is 7.22 Å². The molecular formula is C8H19NSSi. The second-order valence-electron chi connectivity index (χ2n) is 3.74. The summed E-state index contributed by atoms with van der Waals surface area (Å²) in [5.41, 5.74) is 0. The van der Waals surface area contributed by atoms with E-state index in [0.29, 0.717) is 0 Å². The van der Waals surface area contributed by atoms with Crippen molar-refractivity contribution in [1.29, 1.82) is 0 Å². The van der Waals surface area contributed by atoms with Crippen molar-refractivity contribution in [2.24, 2.45) is 0 Å². The van der Waals surface area contributed by atoms with Crippen molar-refractivity contribution in [3.8, 4) is 0 Å². The average molecular weight is 189 g/mol. The highest BCUT2D eigenvalue weighted by atomic mass is 32.4. The van der Waals surface area contributed by atoms with Crippen LogP contribution in [0.1, 0.15) is 6.92 Å². The van der Waals surface area contributed by atoms with E-state index >= 15 is 0 Å². The minimum absolute atomic E-state index is 0.997. The largest absolute Gasteiger partial charge is 0.373 e. The molecule has 1 nitrogen and oxygen atoms in total. The van der Waals surface area contributed by atoms with Crippen LogP contribution in [0.5, 0.6) is 0 Å². The van der Waals surface area contributed by atoms with Crippen LogP contribution in [0.2, 0.25) is 19.6 Å². The lowest BCUT2D eigenvalue weighted by Gasteiger charge is -2.23. The summed E-state index contributed by atoms with van der Waals surface area (Å²) in [5, 5.41) is 1.39.